The van der Waals surface area contributed by atoms with E-state index in [4.69, 9.17) is 0 Å². The summed E-state index contributed by atoms with van der Waals surface area (Å²) in [5.41, 5.74) is 0.983. The summed E-state index contributed by atoms with van der Waals surface area (Å²) in [6, 6.07) is 9.60. The second kappa shape index (κ2) is 3.65. The number of nitrogens with one attached hydrogen (secondary N) is 1. The maximum atomic E-state index is 11.3. The molecule has 1 amide bonds. The Kier molecular flexibility index (Phi) is 2.33. The van der Waals surface area contributed by atoms with Crippen molar-refractivity contribution < 1.29 is 9.90 Å². The predicted octanol–water partition coefficient (Wildman–Crippen LogP) is 1.15. The molecule has 4 heteroatoms. The number of amides is 1. The van der Waals surface area contributed by atoms with Crippen LogP contribution in [-0.2, 0) is 4.79 Å². The van der Waals surface area contributed by atoms with Crippen LogP contribution in [0.3, 0.4) is 0 Å². The molecule has 0 saturated carbocycles. The summed E-state index contributed by atoms with van der Waals surface area (Å²) in [5.74, 6) is -0.702. The topological polar surface area (TPSA) is 52.6 Å². The number of aliphatic hydroxyl groups is 1. The fourth-order valence-electron chi connectivity index (χ4n) is 1.58. The first-order valence-corrected chi connectivity index (χ1v) is 4.67. The van der Waals surface area contributed by atoms with E-state index in [9.17, 15) is 9.90 Å². The highest BCUT2D eigenvalue weighted by Gasteiger charge is 2.24. The fraction of sp³-hybridized carbons (Fsp3) is 0.182. The highest BCUT2D eigenvalue weighted by Crippen LogP contribution is 2.20. The Bertz CT molecular complexity index is 400. The Morgan fingerprint density at radius 3 is 2.67 bits per heavy atom. The van der Waals surface area contributed by atoms with E-state index in [2.05, 4.69) is 5.32 Å². The fourth-order valence-corrected chi connectivity index (χ4v) is 1.58. The van der Waals surface area contributed by atoms with Gasteiger partial charge in [-0.15, -0.1) is 0 Å². The van der Waals surface area contributed by atoms with Gasteiger partial charge in [0.1, 0.15) is 6.17 Å². The van der Waals surface area contributed by atoms with Crippen molar-refractivity contribution in [3.63, 3.8) is 0 Å². The SMILES string of the molecule is CN1C=C(O)C(=O)NC1c1ccccc1. The molecule has 2 N–H and O–H groups in total. The highest BCUT2D eigenvalue weighted by atomic mass is 16.3. The lowest BCUT2D eigenvalue weighted by Crippen LogP contribution is -2.42. The van der Waals surface area contributed by atoms with E-state index in [0.29, 0.717) is 0 Å². The number of carbonyl (C=O) groups excluding carboxylic acids is 1. The Morgan fingerprint density at radius 1 is 1.33 bits per heavy atom. The van der Waals surface area contributed by atoms with Gasteiger partial charge in [0, 0.05) is 13.2 Å². The van der Waals surface area contributed by atoms with Crippen molar-refractivity contribution in [3.05, 3.63) is 47.9 Å². The second-order valence-electron chi connectivity index (χ2n) is 3.47. The van der Waals surface area contributed by atoms with Gasteiger partial charge in [-0.2, -0.15) is 0 Å². The normalized spacial score (nSPS) is 20.9. The number of hydrogen-bond donors (Lipinski definition) is 2. The smallest absolute Gasteiger partial charge is 0.289 e. The molecule has 0 spiro atoms. The molecule has 0 bridgehead atoms. The molecular weight excluding hydrogens is 192 g/mol. The van der Waals surface area contributed by atoms with Crippen molar-refractivity contribution in [1.29, 1.82) is 0 Å². The summed E-state index contributed by atoms with van der Waals surface area (Å²) < 4.78 is 0. The number of aliphatic hydroxyl groups excluding tert-OH is 1. The molecule has 78 valence electrons. The van der Waals surface area contributed by atoms with Gasteiger partial charge >= 0.3 is 0 Å². The number of benzene rings is 1. The molecule has 1 aliphatic rings. The lowest BCUT2D eigenvalue weighted by Gasteiger charge is -2.31. The zero-order valence-corrected chi connectivity index (χ0v) is 8.34. The summed E-state index contributed by atoms with van der Waals surface area (Å²) in [5, 5.41) is 11.9. The van der Waals surface area contributed by atoms with Crippen LogP contribution in [0.5, 0.6) is 0 Å². The zero-order chi connectivity index (χ0) is 10.8. The number of hydrogen-bond acceptors (Lipinski definition) is 3. The van der Waals surface area contributed by atoms with Gasteiger partial charge in [0.05, 0.1) is 0 Å². The van der Waals surface area contributed by atoms with Crippen LogP contribution in [0.25, 0.3) is 0 Å². The van der Waals surface area contributed by atoms with Gasteiger partial charge in [-0.25, -0.2) is 0 Å². The Morgan fingerprint density at radius 2 is 2.00 bits per heavy atom. The van der Waals surface area contributed by atoms with E-state index in [-0.39, 0.29) is 11.9 Å². The van der Waals surface area contributed by atoms with Crippen molar-refractivity contribution in [3.8, 4) is 0 Å². The zero-order valence-electron chi connectivity index (χ0n) is 8.34. The van der Waals surface area contributed by atoms with Gasteiger partial charge in [0.2, 0.25) is 0 Å². The highest BCUT2D eigenvalue weighted by molar-refractivity contribution is 5.91. The maximum absolute atomic E-state index is 11.3. The third kappa shape index (κ3) is 1.79. The Labute approximate surface area is 87.8 Å². The third-order valence-electron chi connectivity index (χ3n) is 2.35. The summed E-state index contributed by atoms with van der Waals surface area (Å²) in [6.45, 7) is 0. The first-order chi connectivity index (χ1) is 7.18. The second-order valence-corrected chi connectivity index (χ2v) is 3.47. The first-order valence-electron chi connectivity index (χ1n) is 4.67. The van der Waals surface area contributed by atoms with Crippen LogP contribution < -0.4 is 5.32 Å². The first kappa shape index (κ1) is 9.58. The van der Waals surface area contributed by atoms with Gasteiger partial charge in [0.15, 0.2) is 5.76 Å². The number of rotatable bonds is 1. The van der Waals surface area contributed by atoms with E-state index in [1.807, 2.05) is 30.3 Å². The molecule has 1 atom stereocenters. The standard InChI is InChI=1S/C11H12N2O2/c1-13-7-9(14)11(15)12-10(13)8-5-3-2-4-6-8/h2-7,10,14H,1H3,(H,12,15). The van der Waals surface area contributed by atoms with Gasteiger partial charge in [0.25, 0.3) is 5.91 Å². The molecule has 1 aliphatic heterocycles. The van der Waals surface area contributed by atoms with Crippen LogP contribution in [0.2, 0.25) is 0 Å². The minimum absolute atomic E-state index is 0.213. The monoisotopic (exact) mass is 204 g/mol. The number of carbonyl (C=O) groups is 1. The van der Waals surface area contributed by atoms with Gasteiger partial charge in [-0.1, -0.05) is 30.3 Å². The molecule has 0 aromatic heterocycles. The molecule has 2 rings (SSSR count). The third-order valence-corrected chi connectivity index (χ3v) is 2.35. The molecule has 1 heterocycles. The molecule has 0 aliphatic carbocycles. The van der Waals surface area contributed by atoms with Crippen LogP contribution >= 0.6 is 0 Å². The maximum Gasteiger partial charge on any atom is 0.289 e. The quantitative estimate of drug-likeness (QED) is 0.721. The van der Waals surface area contributed by atoms with E-state index in [1.54, 1.807) is 11.9 Å². The molecule has 1 aromatic carbocycles. The summed E-state index contributed by atoms with van der Waals surface area (Å²) in [6.07, 6.45) is 1.21. The largest absolute Gasteiger partial charge is 0.502 e. The minimum Gasteiger partial charge on any atom is -0.502 e. The van der Waals surface area contributed by atoms with Crippen LogP contribution in [0.1, 0.15) is 11.7 Å². The van der Waals surface area contributed by atoms with E-state index in [0.717, 1.165) is 5.56 Å². The molecule has 0 fully saturated rings. The summed E-state index contributed by atoms with van der Waals surface area (Å²) in [7, 11) is 1.80. The molecule has 0 saturated heterocycles. The average Bonchev–Trinajstić information content (AvgIpc) is 2.25. The van der Waals surface area contributed by atoms with Crippen LogP contribution in [0.15, 0.2) is 42.3 Å². The lowest BCUT2D eigenvalue weighted by atomic mass is 10.1. The summed E-state index contributed by atoms with van der Waals surface area (Å²) in [4.78, 5) is 13.0. The van der Waals surface area contributed by atoms with E-state index in [1.165, 1.54) is 6.20 Å². The molecule has 1 aromatic rings. The van der Waals surface area contributed by atoms with Crippen molar-refractivity contribution in [1.82, 2.24) is 10.2 Å². The van der Waals surface area contributed by atoms with Gasteiger partial charge in [-0.3, -0.25) is 4.79 Å². The van der Waals surface area contributed by atoms with Crippen molar-refractivity contribution in [2.45, 2.75) is 6.17 Å². The van der Waals surface area contributed by atoms with Crippen molar-refractivity contribution in [2.24, 2.45) is 0 Å². The van der Waals surface area contributed by atoms with Crippen LogP contribution in [0.4, 0.5) is 0 Å². The van der Waals surface area contributed by atoms with E-state index < -0.39 is 5.91 Å². The van der Waals surface area contributed by atoms with Crippen LogP contribution in [0, 0.1) is 0 Å². The van der Waals surface area contributed by atoms with Gasteiger partial charge < -0.3 is 15.3 Å². The van der Waals surface area contributed by atoms with Gasteiger partial charge in [-0.05, 0) is 5.56 Å². The van der Waals surface area contributed by atoms with Crippen molar-refractivity contribution in [2.75, 3.05) is 7.05 Å². The molecular formula is C11H12N2O2. The Hall–Kier alpha value is -1.97. The number of nitrogens with zero attached hydrogens (tertiary/aromatic N) is 1. The van der Waals surface area contributed by atoms with E-state index >= 15 is 0 Å². The summed E-state index contributed by atoms with van der Waals surface area (Å²) >= 11 is 0. The molecule has 4 nitrogen and oxygen atoms in total. The predicted molar refractivity (Wildman–Crippen MR) is 55.8 cm³/mol. The molecule has 15 heavy (non-hydrogen) atoms. The van der Waals surface area contributed by atoms with Crippen LogP contribution in [-0.4, -0.2) is 23.0 Å². The lowest BCUT2D eigenvalue weighted by molar-refractivity contribution is -0.123. The molecule has 0 radical (unpaired) electrons. The van der Waals surface area contributed by atoms with Crippen molar-refractivity contribution >= 4 is 5.91 Å². The minimum atomic E-state index is -0.443. The molecule has 1 unspecified atom stereocenters. The Balaban J connectivity index is 2.29. The average molecular weight is 204 g/mol.